The first-order valence-corrected chi connectivity index (χ1v) is 7.43. The van der Waals surface area contributed by atoms with Crippen molar-refractivity contribution < 1.29 is 4.79 Å². The van der Waals surface area contributed by atoms with Crippen LogP contribution in [0.1, 0.15) is 18.1 Å². The molecule has 0 aromatic heterocycles. The molecule has 1 N–H and O–H groups in total. The minimum absolute atomic E-state index is 0.215. The van der Waals surface area contributed by atoms with E-state index in [9.17, 15) is 4.79 Å². The summed E-state index contributed by atoms with van der Waals surface area (Å²) in [5.41, 5.74) is 3.98. The van der Waals surface area contributed by atoms with Crippen LogP contribution in [0.3, 0.4) is 0 Å². The molecule has 0 unspecified atom stereocenters. The molecule has 4 nitrogen and oxygen atoms in total. The van der Waals surface area contributed by atoms with Crippen molar-refractivity contribution in [3.63, 3.8) is 0 Å². The Bertz CT molecular complexity index is 465. The second-order valence-electron chi connectivity index (χ2n) is 5.37. The van der Waals surface area contributed by atoms with Crippen LogP contribution in [0.5, 0.6) is 0 Å². The van der Waals surface area contributed by atoms with Crippen molar-refractivity contribution in [1.29, 1.82) is 0 Å². The molecule has 1 aromatic rings. The predicted molar refractivity (Wildman–Crippen MR) is 83.3 cm³/mol. The van der Waals surface area contributed by atoms with Gasteiger partial charge >= 0.3 is 0 Å². The Labute approximate surface area is 121 Å². The molecular weight excluding hydrogens is 250 g/mol. The van der Waals surface area contributed by atoms with Crippen LogP contribution < -0.4 is 10.2 Å². The maximum Gasteiger partial charge on any atom is 0.236 e. The van der Waals surface area contributed by atoms with Gasteiger partial charge in [0.2, 0.25) is 5.91 Å². The van der Waals surface area contributed by atoms with Gasteiger partial charge in [0.15, 0.2) is 0 Å². The average molecular weight is 275 g/mol. The Balaban J connectivity index is 1.94. The summed E-state index contributed by atoms with van der Waals surface area (Å²) in [6, 6.07) is 6.44. The number of carbonyl (C=O) groups excluding carboxylic acids is 1. The summed E-state index contributed by atoms with van der Waals surface area (Å²) in [5, 5.41) is 3.10. The number of rotatable bonds is 4. The molecule has 0 radical (unpaired) electrons. The summed E-state index contributed by atoms with van der Waals surface area (Å²) in [6.45, 7) is 11.1. The Hall–Kier alpha value is -1.55. The predicted octanol–water partition coefficient (Wildman–Crippen LogP) is 1.56. The molecule has 0 aliphatic carbocycles. The lowest BCUT2D eigenvalue weighted by atomic mass is 10.1. The third-order valence-corrected chi connectivity index (χ3v) is 4.08. The van der Waals surface area contributed by atoms with Gasteiger partial charge in [-0.3, -0.25) is 4.79 Å². The van der Waals surface area contributed by atoms with Crippen molar-refractivity contribution in [2.75, 3.05) is 44.2 Å². The molecule has 1 heterocycles. The molecule has 0 saturated carbocycles. The maximum absolute atomic E-state index is 12.0. The summed E-state index contributed by atoms with van der Waals surface area (Å²) in [7, 11) is 0. The van der Waals surface area contributed by atoms with E-state index in [1.165, 1.54) is 16.8 Å². The molecule has 1 fully saturated rings. The normalized spacial score (nSPS) is 15.6. The number of nitrogens with zero attached hydrogens (tertiary/aromatic N) is 2. The molecule has 0 atom stereocenters. The zero-order chi connectivity index (χ0) is 14.5. The Morgan fingerprint density at radius 1 is 1.20 bits per heavy atom. The van der Waals surface area contributed by atoms with Crippen molar-refractivity contribution >= 4 is 11.6 Å². The van der Waals surface area contributed by atoms with Gasteiger partial charge < -0.3 is 15.1 Å². The van der Waals surface area contributed by atoms with Crippen molar-refractivity contribution in [2.45, 2.75) is 20.8 Å². The quantitative estimate of drug-likeness (QED) is 0.906. The number of hydrogen-bond donors (Lipinski definition) is 1. The fourth-order valence-electron chi connectivity index (χ4n) is 2.62. The van der Waals surface area contributed by atoms with Gasteiger partial charge in [0.05, 0.1) is 6.54 Å². The average Bonchev–Trinajstić information content (AvgIpc) is 2.48. The number of piperazine rings is 1. The van der Waals surface area contributed by atoms with Gasteiger partial charge in [-0.15, -0.1) is 0 Å². The van der Waals surface area contributed by atoms with E-state index < -0.39 is 0 Å². The lowest BCUT2D eigenvalue weighted by molar-refractivity contribution is -0.130. The van der Waals surface area contributed by atoms with Crippen LogP contribution >= 0.6 is 0 Å². The third-order valence-electron chi connectivity index (χ3n) is 4.08. The zero-order valence-corrected chi connectivity index (χ0v) is 12.8. The van der Waals surface area contributed by atoms with Crippen LogP contribution in [-0.4, -0.2) is 50.1 Å². The molecule has 0 spiro atoms. The van der Waals surface area contributed by atoms with Crippen LogP contribution in [0.4, 0.5) is 5.69 Å². The maximum atomic E-state index is 12.0. The highest BCUT2D eigenvalue weighted by Crippen LogP contribution is 2.23. The van der Waals surface area contributed by atoms with Gasteiger partial charge in [0.1, 0.15) is 0 Å². The summed E-state index contributed by atoms with van der Waals surface area (Å²) in [5.74, 6) is 0.215. The van der Waals surface area contributed by atoms with Crippen LogP contribution in [0.25, 0.3) is 0 Å². The van der Waals surface area contributed by atoms with E-state index >= 15 is 0 Å². The Morgan fingerprint density at radius 3 is 2.55 bits per heavy atom. The van der Waals surface area contributed by atoms with E-state index in [2.05, 4.69) is 42.3 Å². The first-order valence-electron chi connectivity index (χ1n) is 7.43. The molecule has 20 heavy (non-hydrogen) atoms. The van der Waals surface area contributed by atoms with E-state index in [0.717, 1.165) is 32.7 Å². The second-order valence-corrected chi connectivity index (χ2v) is 5.37. The highest BCUT2D eigenvalue weighted by molar-refractivity contribution is 5.78. The van der Waals surface area contributed by atoms with Crippen molar-refractivity contribution in [3.05, 3.63) is 29.3 Å². The highest BCUT2D eigenvalue weighted by Gasteiger charge is 2.21. The van der Waals surface area contributed by atoms with E-state index in [0.29, 0.717) is 6.54 Å². The summed E-state index contributed by atoms with van der Waals surface area (Å²) in [6.07, 6.45) is 0. The van der Waals surface area contributed by atoms with E-state index in [1.807, 2.05) is 11.8 Å². The van der Waals surface area contributed by atoms with E-state index in [-0.39, 0.29) is 5.91 Å². The fourth-order valence-corrected chi connectivity index (χ4v) is 2.62. The minimum atomic E-state index is 0.215. The number of aryl methyl sites for hydroxylation is 1. The minimum Gasteiger partial charge on any atom is -0.368 e. The molecule has 1 aromatic carbocycles. The highest BCUT2D eigenvalue weighted by atomic mass is 16.2. The van der Waals surface area contributed by atoms with Crippen molar-refractivity contribution in [3.8, 4) is 0 Å². The molecule has 2 rings (SSSR count). The van der Waals surface area contributed by atoms with Crippen LogP contribution in [0.15, 0.2) is 18.2 Å². The number of hydrogen-bond acceptors (Lipinski definition) is 3. The molecule has 1 aliphatic rings. The van der Waals surface area contributed by atoms with E-state index in [4.69, 9.17) is 0 Å². The third kappa shape index (κ3) is 3.31. The van der Waals surface area contributed by atoms with Crippen LogP contribution in [0.2, 0.25) is 0 Å². The van der Waals surface area contributed by atoms with E-state index in [1.54, 1.807) is 0 Å². The fraction of sp³-hybridized carbons (Fsp3) is 0.562. The number of benzene rings is 1. The molecular formula is C16H25N3O. The number of likely N-dealkylation sites (N-methyl/N-ethyl adjacent to an activating group) is 1. The lowest BCUT2D eigenvalue weighted by Gasteiger charge is -2.37. The van der Waals surface area contributed by atoms with Gasteiger partial charge in [-0.2, -0.15) is 0 Å². The number of nitrogens with one attached hydrogen (secondary N) is 1. The van der Waals surface area contributed by atoms with Crippen molar-refractivity contribution in [1.82, 2.24) is 10.2 Å². The summed E-state index contributed by atoms with van der Waals surface area (Å²) < 4.78 is 0. The second kappa shape index (κ2) is 6.75. The zero-order valence-electron chi connectivity index (χ0n) is 12.8. The van der Waals surface area contributed by atoms with Gasteiger partial charge in [-0.05, 0) is 37.6 Å². The number of amides is 1. The SMILES string of the molecule is CCNCC(=O)N1CCN(c2cccc(C)c2C)CC1. The summed E-state index contributed by atoms with van der Waals surface area (Å²) >= 11 is 0. The molecule has 4 heteroatoms. The largest absolute Gasteiger partial charge is 0.368 e. The first kappa shape index (κ1) is 14.9. The molecule has 1 amide bonds. The number of carbonyl (C=O) groups is 1. The Kier molecular flexibility index (Phi) is 5.01. The van der Waals surface area contributed by atoms with Crippen molar-refractivity contribution in [2.24, 2.45) is 0 Å². The van der Waals surface area contributed by atoms with Gasteiger partial charge in [-0.25, -0.2) is 0 Å². The smallest absolute Gasteiger partial charge is 0.236 e. The molecule has 110 valence electrons. The summed E-state index contributed by atoms with van der Waals surface area (Å²) in [4.78, 5) is 16.3. The Morgan fingerprint density at radius 2 is 1.90 bits per heavy atom. The van der Waals surface area contributed by atoms with Crippen LogP contribution in [0, 0.1) is 13.8 Å². The van der Waals surface area contributed by atoms with Gasteiger partial charge in [0.25, 0.3) is 0 Å². The van der Waals surface area contributed by atoms with Gasteiger partial charge in [-0.1, -0.05) is 19.1 Å². The molecule has 1 aliphatic heterocycles. The molecule has 1 saturated heterocycles. The van der Waals surface area contributed by atoms with Gasteiger partial charge in [0, 0.05) is 31.9 Å². The molecule has 0 bridgehead atoms. The first-order chi connectivity index (χ1) is 9.63. The number of anilines is 1. The monoisotopic (exact) mass is 275 g/mol. The standard InChI is InChI=1S/C16H25N3O/c1-4-17-12-16(20)19-10-8-18(9-11-19)15-7-5-6-13(2)14(15)3/h5-7,17H,4,8-12H2,1-3H3. The topological polar surface area (TPSA) is 35.6 Å². The van der Waals surface area contributed by atoms with Crippen LogP contribution in [-0.2, 0) is 4.79 Å². The lowest BCUT2D eigenvalue weighted by Crippen LogP contribution is -2.51.